The zero-order valence-electron chi connectivity index (χ0n) is 12.3. The van der Waals surface area contributed by atoms with E-state index in [-0.39, 0.29) is 29.9 Å². The number of urea groups is 1. The number of carbonyl (C=O) groups excluding carboxylic acids is 2. The topological polar surface area (TPSA) is 143 Å². The summed E-state index contributed by atoms with van der Waals surface area (Å²) in [5, 5.41) is 0. The van der Waals surface area contributed by atoms with Crippen molar-refractivity contribution in [3.63, 3.8) is 0 Å². The molecule has 2 aliphatic rings. The first-order chi connectivity index (χ1) is 11.0. The standard InChI is InChI=1S/C14H17N7O2/c15-12(16)19-13(17)18-8-3-5-9(6-4-8)21-11(22)10-2-1-7-20(10)14(21)23/h3-6,10H,1-2,7H2,(H6,15,16,17,18,19). The number of hydrogen-bond donors (Lipinski definition) is 3. The van der Waals surface area contributed by atoms with E-state index in [0.717, 1.165) is 12.8 Å². The van der Waals surface area contributed by atoms with Crippen LogP contribution >= 0.6 is 0 Å². The molecule has 120 valence electrons. The second-order valence-electron chi connectivity index (χ2n) is 5.33. The summed E-state index contributed by atoms with van der Waals surface area (Å²) in [7, 11) is 0. The predicted molar refractivity (Wildman–Crippen MR) is 86.1 cm³/mol. The Hall–Kier alpha value is -3.10. The molecule has 0 radical (unpaired) electrons. The summed E-state index contributed by atoms with van der Waals surface area (Å²) >= 11 is 0. The van der Waals surface area contributed by atoms with E-state index in [2.05, 4.69) is 9.98 Å². The molecule has 23 heavy (non-hydrogen) atoms. The molecule has 3 rings (SSSR count). The molecular formula is C14H17N7O2. The van der Waals surface area contributed by atoms with Gasteiger partial charge in [0.25, 0.3) is 5.91 Å². The molecule has 1 atom stereocenters. The van der Waals surface area contributed by atoms with Gasteiger partial charge in [0.15, 0.2) is 5.96 Å². The van der Waals surface area contributed by atoms with E-state index >= 15 is 0 Å². The zero-order valence-corrected chi connectivity index (χ0v) is 12.3. The minimum atomic E-state index is -0.322. The third-order valence-corrected chi connectivity index (χ3v) is 3.79. The van der Waals surface area contributed by atoms with Crippen LogP contribution in [-0.4, -0.2) is 41.3 Å². The highest BCUT2D eigenvalue weighted by Crippen LogP contribution is 2.32. The molecule has 9 nitrogen and oxygen atoms in total. The van der Waals surface area contributed by atoms with Crippen LogP contribution < -0.4 is 22.1 Å². The highest BCUT2D eigenvalue weighted by atomic mass is 16.2. The van der Waals surface area contributed by atoms with Crippen molar-refractivity contribution in [2.24, 2.45) is 27.2 Å². The molecule has 1 aromatic rings. The maximum atomic E-state index is 12.4. The number of hydrogen-bond acceptors (Lipinski definition) is 3. The van der Waals surface area contributed by atoms with Gasteiger partial charge in [0.05, 0.1) is 11.4 Å². The molecule has 0 bridgehead atoms. The van der Waals surface area contributed by atoms with E-state index in [1.807, 2.05) is 0 Å². The normalized spacial score (nSPS) is 20.9. The van der Waals surface area contributed by atoms with E-state index in [9.17, 15) is 9.59 Å². The SMILES string of the molecule is NC(N)=NC(N)=Nc1ccc(N2C(=O)C3CCCN3C2=O)cc1. The van der Waals surface area contributed by atoms with E-state index in [0.29, 0.717) is 17.9 Å². The third kappa shape index (κ3) is 2.68. The Morgan fingerprint density at radius 2 is 1.83 bits per heavy atom. The van der Waals surface area contributed by atoms with Crippen LogP contribution in [0.3, 0.4) is 0 Å². The minimum absolute atomic E-state index is 0.0771. The van der Waals surface area contributed by atoms with Gasteiger partial charge in [-0.1, -0.05) is 0 Å². The van der Waals surface area contributed by atoms with E-state index in [4.69, 9.17) is 17.2 Å². The van der Waals surface area contributed by atoms with Crippen LogP contribution in [-0.2, 0) is 4.79 Å². The number of amides is 3. The Morgan fingerprint density at radius 3 is 2.43 bits per heavy atom. The van der Waals surface area contributed by atoms with Crippen LogP contribution in [0, 0.1) is 0 Å². The van der Waals surface area contributed by atoms with Crippen LogP contribution in [0.5, 0.6) is 0 Å². The van der Waals surface area contributed by atoms with Crippen molar-refractivity contribution >= 4 is 35.2 Å². The van der Waals surface area contributed by atoms with Crippen LogP contribution in [0.15, 0.2) is 34.3 Å². The summed E-state index contributed by atoms with van der Waals surface area (Å²) in [6.07, 6.45) is 1.59. The summed E-state index contributed by atoms with van der Waals surface area (Å²) in [4.78, 5) is 35.1. The quantitative estimate of drug-likeness (QED) is 0.394. The zero-order chi connectivity index (χ0) is 16.6. The van der Waals surface area contributed by atoms with Crippen molar-refractivity contribution in [2.75, 3.05) is 11.4 Å². The Labute approximate surface area is 132 Å². The Bertz CT molecular complexity index is 684. The van der Waals surface area contributed by atoms with Gasteiger partial charge in [0, 0.05) is 6.54 Å². The molecule has 2 saturated heterocycles. The number of nitrogens with two attached hydrogens (primary N) is 3. The first-order valence-electron chi connectivity index (χ1n) is 7.16. The molecule has 0 aromatic heterocycles. The fraction of sp³-hybridized carbons (Fsp3) is 0.286. The number of benzene rings is 1. The van der Waals surface area contributed by atoms with Gasteiger partial charge >= 0.3 is 6.03 Å². The largest absolute Gasteiger partial charge is 0.370 e. The predicted octanol–water partition coefficient (Wildman–Crippen LogP) is -0.163. The first-order valence-corrected chi connectivity index (χ1v) is 7.16. The molecular weight excluding hydrogens is 298 g/mol. The van der Waals surface area contributed by atoms with Gasteiger partial charge in [-0.3, -0.25) is 4.79 Å². The molecule has 3 amide bonds. The van der Waals surface area contributed by atoms with Crippen LogP contribution in [0.2, 0.25) is 0 Å². The summed E-state index contributed by atoms with van der Waals surface area (Å²) in [5.74, 6) is -0.438. The Balaban J connectivity index is 1.82. The molecule has 6 N–H and O–H groups in total. The van der Waals surface area contributed by atoms with Gasteiger partial charge < -0.3 is 22.1 Å². The van der Waals surface area contributed by atoms with Crippen molar-refractivity contribution in [1.29, 1.82) is 0 Å². The average molecular weight is 315 g/mol. The monoisotopic (exact) mass is 315 g/mol. The van der Waals surface area contributed by atoms with Crippen LogP contribution in [0.1, 0.15) is 12.8 Å². The lowest BCUT2D eigenvalue weighted by Crippen LogP contribution is -2.32. The molecule has 1 aromatic carbocycles. The molecule has 0 aliphatic carbocycles. The van der Waals surface area contributed by atoms with Gasteiger partial charge in [-0.15, -0.1) is 0 Å². The third-order valence-electron chi connectivity index (χ3n) is 3.79. The van der Waals surface area contributed by atoms with Crippen molar-refractivity contribution in [3.8, 4) is 0 Å². The number of carbonyl (C=O) groups is 2. The Morgan fingerprint density at radius 1 is 1.13 bits per heavy atom. The van der Waals surface area contributed by atoms with Gasteiger partial charge in [-0.2, -0.15) is 4.99 Å². The minimum Gasteiger partial charge on any atom is -0.370 e. The molecule has 1 unspecified atom stereocenters. The maximum Gasteiger partial charge on any atom is 0.332 e. The van der Waals surface area contributed by atoms with Crippen molar-refractivity contribution in [3.05, 3.63) is 24.3 Å². The lowest BCUT2D eigenvalue weighted by Gasteiger charge is -2.15. The average Bonchev–Trinajstić information content (AvgIpc) is 3.04. The Kier molecular flexibility index (Phi) is 3.61. The van der Waals surface area contributed by atoms with Crippen LogP contribution in [0.4, 0.5) is 16.2 Å². The smallest absolute Gasteiger partial charge is 0.332 e. The molecule has 0 saturated carbocycles. The maximum absolute atomic E-state index is 12.4. The summed E-state index contributed by atoms with van der Waals surface area (Å²) < 4.78 is 0. The number of fused-ring (bicyclic) bond motifs is 1. The number of anilines is 1. The number of aliphatic imine (C=N–C) groups is 2. The fourth-order valence-corrected chi connectivity index (χ4v) is 2.83. The fourth-order valence-electron chi connectivity index (χ4n) is 2.83. The van der Waals surface area contributed by atoms with E-state index in [1.54, 1.807) is 29.2 Å². The number of guanidine groups is 2. The van der Waals surface area contributed by atoms with Gasteiger partial charge in [-0.25, -0.2) is 14.7 Å². The van der Waals surface area contributed by atoms with Crippen molar-refractivity contribution in [1.82, 2.24) is 4.90 Å². The molecule has 2 aliphatic heterocycles. The highest BCUT2D eigenvalue weighted by Gasteiger charge is 2.47. The van der Waals surface area contributed by atoms with E-state index < -0.39 is 0 Å². The number of rotatable bonds is 2. The lowest BCUT2D eigenvalue weighted by atomic mass is 10.2. The second kappa shape index (κ2) is 5.59. The lowest BCUT2D eigenvalue weighted by molar-refractivity contribution is -0.119. The van der Waals surface area contributed by atoms with Crippen molar-refractivity contribution < 1.29 is 9.59 Å². The summed E-state index contributed by atoms with van der Waals surface area (Å²) in [6.45, 7) is 0.628. The van der Waals surface area contributed by atoms with Crippen LogP contribution in [0.25, 0.3) is 0 Å². The van der Waals surface area contributed by atoms with Gasteiger partial charge in [0.2, 0.25) is 5.96 Å². The summed E-state index contributed by atoms with van der Waals surface area (Å²) in [6, 6.07) is 5.95. The first kappa shape index (κ1) is 14.8. The molecule has 2 heterocycles. The van der Waals surface area contributed by atoms with Crippen molar-refractivity contribution in [2.45, 2.75) is 18.9 Å². The molecule has 0 spiro atoms. The van der Waals surface area contributed by atoms with Gasteiger partial charge in [-0.05, 0) is 37.1 Å². The second-order valence-corrected chi connectivity index (χ2v) is 5.33. The van der Waals surface area contributed by atoms with E-state index in [1.165, 1.54) is 4.90 Å². The molecule has 9 heteroatoms. The van der Waals surface area contributed by atoms with Gasteiger partial charge in [0.1, 0.15) is 6.04 Å². The number of nitrogens with zero attached hydrogens (tertiary/aromatic N) is 4. The number of imide groups is 1. The summed E-state index contributed by atoms with van der Waals surface area (Å²) in [5.41, 5.74) is 17.0. The molecule has 2 fully saturated rings. The highest BCUT2D eigenvalue weighted by molar-refractivity contribution is 6.21.